The molecule has 84 valence electrons. The number of hydrogen-bond acceptors (Lipinski definition) is 3. The molecular formula is C10H15ClN2O2. The molecule has 0 bridgehead atoms. The van der Waals surface area contributed by atoms with Crippen molar-refractivity contribution in [3.63, 3.8) is 0 Å². The second-order valence-corrected chi connectivity index (χ2v) is 3.91. The van der Waals surface area contributed by atoms with Gasteiger partial charge in [0.1, 0.15) is 6.10 Å². The SMILES string of the molecule is CCC(O)C(=O)Cc1c(Cl)c(C)nn1C. The standard InChI is InChI=1S/C10H15ClN2O2/c1-4-8(14)9(15)5-7-10(11)6(2)12-13(7)3/h8,14H,4-5H2,1-3H3. The molecule has 1 aromatic rings. The van der Waals surface area contributed by atoms with Crippen LogP contribution in [0.25, 0.3) is 0 Å². The highest BCUT2D eigenvalue weighted by molar-refractivity contribution is 6.32. The number of ketones is 1. The molecule has 1 rings (SSSR count). The number of nitrogens with zero attached hydrogens (tertiary/aromatic N) is 2. The summed E-state index contributed by atoms with van der Waals surface area (Å²) in [6.45, 7) is 3.55. The van der Waals surface area contributed by atoms with Crippen LogP contribution in [-0.2, 0) is 18.3 Å². The minimum Gasteiger partial charge on any atom is -0.385 e. The van der Waals surface area contributed by atoms with E-state index >= 15 is 0 Å². The predicted molar refractivity (Wildman–Crippen MR) is 58.0 cm³/mol. The first kappa shape index (κ1) is 12.2. The Morgan fingerprint density at radius 1 is 1.67 bits per heavy atom. The molecule has 0 fully saturated rings. The summed E-state index contributed by atoms with van der Waals surface area (Å²) in [6, 6.07) is 0. The van der Waals surface area contributed by atoms with Crippen LogP contribution in [-0.4, -0.2) is 26.8 Å². The van der Waals surface area contributed by atoms with Gasteiger partial charge in [0, 0.05) is 7.05 Å². The van der Waals surface area contributed by atoms with Gasteiger partial charge < -0.3 is 5.11 Å². The maximum atomic E-state index is 11.5. The summed E-state index contributed by atoms with van der Waals surface area (Å²) in [5, 5.41) is 14.0. The van der Waals surface area contributed by atoms with Crippen LogP contribution in [0.1, 0.15) is 24.7 Å². The number of aliphatic hydroxyl groups is 1. The van der Waals surface area contributed by atoms with Crippen molar-refractivity contribution in [3.8, 4) is 0 Å². The van der Waals surface area contributed by atoms with Crippen LogP contribution in [0.2, 0.25) is 5.02 Å². The fourth-order valence-electron chi connectivity index (χ4n) is 1.38. The van der Waals surface area contributed by atoms with Crippen molar-refractivity contribution in [1.82, 2.24) is 9.78 Å². The van der Waals surface area contributed by atoms with E-state index in [-0.39, 0.29) is 12.2 Å². The lowest BCUT2D eigenvalue weighted by Gasteiger charge is -2.06. The van der Waals surface area contributed by atoms with Gasteiger partial charge in [0.25, 0.3) is 0 Å². The zero-order valence-electron chi connectivity index (χ0n) is 9.12. The highest BCUT2D eigenvalue weighted by Gasteiger charge is 2.18. The van der Waals surface area contributed by atoms with Gasteiger partial charge in [-0.2, -0.15) is 5.10 Å². The Balaban J connectivity index is 2.85. The molecule has 1 heterocycles. The van der Waals surface area contributed by atoms with Crippen LogP contribution in [0.4, 0.5) is 0 Å². The first-order valence-electron chi connectivity index (χ1n) is 4.86. The fraction of sp³-hybridized carbons (Fsp3) is 0.600. The van der Waals surface area contributed by atoms with Crippen LogP contribution in [0.3, 0.4) is 0 Å². The highest BCUT2D eigenvalue weighted by Crippen LogP contribution is 2.20. The molecule has 1 N–H and O–H groups in total. The monoisotopic (exact) mass is 230 g/mol. The molecule has 0 aromatic carbocycles. The minimum absolute atomic E-state index is 0.130. The molecule has 0 saturated heterocycles. The molecule has 4 nitrogen and oxygen atoms in total. The van der Waals surface area contributed by atoms with Crippen LogP contribution in [0, 0.1) is 6.92 Å². The van der Waals surface area contributed by atoms with Crippen LogP contribution < -0.4 is 0 Å². The molecule has 0 amide bonds. The molecule has 5 heteroatoms. The third-order valence-corrected chi connectivity index (χ3v) is 2.85. The van der Waals surface area contributed by atoms with E-state index in [2.05, 4.69) is 5.10 Å². The van der Waals surface area contributed by atoms with Gasteiger partial charge in [-0.05, 0) is 13.3 Å². The largest absolute Gasteiger partial charge is 0.385 e. The maximum absolute atomic E-state index is 11.5. The predicted octanol–water partition coefficient (Wildman–Crippen LogP) is 1.26. The Morgan fingerprint density at radius 2 is 2.27 bits per heavy atom. The third kappa shape index (κ3) is 2.58. The lowest BCUT2D eigenvalue weighted by atomic mass is 10.1. The lowest BCUT2D eigenvalue weighted by Crippen LogP contribution is -2.22. The van der Waals surface area contributed by atoms with E-state index in [1.807, 2.05) is 0 Å². The summed E-state index contributed by atoms with van der Waals surface area (Å²) >= 11 is 5.99. The smallest absolute Gasteiger partial charge is 0.167 e. The molecule has 0 radical (unpaired) electrons. The van der Waals surface area contributed by atoms with Gasteiger partial charge in [0.05, 0.1) is 22.8 Å². The Kier molecular flexibility index (Phi) is 3.88. The number of carbonyl (C=O) groups is 1. The van der Waals surface area contributed by atoms with Crippen molar-refractivity contribution in [2.24, 2.45) is 7.05 Å². The summed E-state index contributed by atoms with van der Waals surface area (Å²) < 4.78 is 1.58. The summed E-state index contributed by atoms with van der Waals surface area (Å²) in [6.07, 6.45) is -0.352. The van der Waals surface area contributed by atoms with Gasteiger partial charge >= 0.3 is 0 Å². The molecule has 0 aliphatic carbocycles. The van der Waals surface area contributed by atoms with Gasteiger partial charge in [-0.25, -0.2) is 0 Å². The van der Waals surface area contributed by atoms with Crippen LogP contribution in [0.15, 0.2) is 0 Å². The Hall–Kier alpha value is -0.870. The van der Waals surface area contributed by atoms with E-state index in [9.17, 15) is 9.90 Å². The maximum Gasteiger partial charge on any atom is 0.167 e. The van der Waals surface area contributed by atoms with E-state index in [4.69, 9.17) is 11.6 Å². The highest BCUT2D eigenvalue weighted by atomic mass is 35.5. The Morgan fingerprint density at radius 3 is 2.67 bits per heavy atom. The molecule has 1 aromatic heterocycles. The second kappa shape index (κ2) is 4.77. The van der Waals surface area contributed by atoms with Gasteiger partial charge in [-0.1, -0.05) is 18.5 Å². The molecule has 0 spiro atoms. The van der Waals surface area contributed by atoms with Crippen molar-refractivity contribution < 1.29 is 9.90 Å². The van der Waals surface area contributed by atoms with E-state index in [0.717, 1.165) is 0 Å². The summed E-state index contributed by atoms with van der Waals surface area (Å²) in [7, 11) is 1.74. The molecule has 0 saturated carbocycles. The van der Waals surface area contributed by atoms with Crippen LogP contribution >= 0.6 is 11.6 Å². The Bertz CT molecular complexity index is 374. The van der Waals surface area contributed by atoms with E-state index in [0.29, 0.717) is 22.8 Å². The number of halogens is 1. The molecule has 1 unspecified atom stereocenters. The van der Waals surface area contributed by atoms with E-state index in [1.165, 1.54) is 0 Å². The van der Waals surface area contributed by atoms with Crippen molar-refractivity contribution in [2.45, 2.75) is 32.8 Å². The number of hydrogen-bond donors (Lipinski definition) is 1. The molecule has 0 aliphatic heterocycles. The number of carbonyl (C=O) groups excluding carboxylic acids is 1. The zero-order valence-corrected chi connectivity index (χ0v) is 9.88. The second-order valence-electron chi connectivity index (χ2n) is 3.54. The average molecular weight is 231 g/mol. The average Bonchev–Trinajstić information content (AvgIpc) is 2.43. The summed E-state index contributed by atoms with van der Waals surface area (Å²) in [4.78, 5) is 11.5. The van der Waals surface area contributed by atoms with Crippen molar-refractivity contribution in [3.05, 3.63) is 16.4 Å². The Labute approximate surface area is 93.9 Å². The quantitative estimate of drug-likeness (QED) is 0.848. The first-order chi connectivity index (χ1) is 6.97. The van der Waals surface area contributed by atoms with Gasteiger partial charge in [-0.15, -0.1) is 0 Å². The van der Waals surface area contributed by atoms with Crippen LogP contribution in [0.5, 0.6) is 0 Å². The minimum atomic E-state index is -0.906. The number of aryl methyl sites for hydroxylation is 2. The normalized spacial score (nSPS) is 12.9. The van der Waals surface area contributed by atoms with Crippen molar-refractivity contribution in [1.29, 1.82) is 0 Å². The third-order valence-electron chi connectivity index (χ3n) is 2.36. The fourth-order valence-corrected chi connectivity index (χ4v) is 1.61. The first-order valence-corrected chi connectivity index (χ1v) is 5.23. The summed E-state index contributed by atoms with van der Waals surface area (Å²) in [5.41, 5.74) is 1.36. The van der Waals surface area contributed by atoms with Crippen molar-refractivity contribution in [2.75, 3.05) is 0 Å². The van der Waals surface area contributed by atoms with E-state index < -0.39 is 6.10 Å². The number of rotatable bonds is 4. The zero-order chi connectivity index (χ0) is 11.6. The molecular weight excluding hydrogens is 216 g/mol. The van der Waals surface area contributed by atoms with Crippen molar-refractivity contribution >= 4 is 17.4 Å². The number of aromatic nitrogens is 2. The van der Waals surface area contributed by atoms with E-state index in [1.54, 1.807) is 25.6 Å². The lowest BCUT2D eigenvalue weighted by molar-refractivity contribution is -0.126. The molecule has 15 heavy (non-hydrogen) atoms. The molecule has 1 atom stereocenters. The molecule has 0 aliphatic rings. The van der Waals surface area contributed by atoms with Gasteiger partial charge in [-0.3, -0.25) is 9.48 Å². The number of Topliss-reactive ketones (excluding diaryl/α,β-unsaturated/α-hetero) is 1. The van der Waals surface area contributed by atoms with Gasteiger partial charge in [0.15, 0.2) is 5.78 Å². The summed E-state index contributed by atoms with van der Waals surface area (Å²) in [5.74, 6) is -0.220. The van der Waals surface area contributed by atoms with Gasteiger partial charge in [0.2, 0.25) is 0 Å². The number of aliphatic hydroxyl groups excluding tert-OH is 1. The topological polar surface area (TPSA) is 55.1 Å².